The van der Waals surface area contributed by atoms with Crippen LogP contribution in [0, 0.1) is 0 Å². The lowest BCUT2D eigenvalue weighted by Gasteiger charge is -2.35. The number of halogens is 1. The summed E-state index contributed by atoms with van der Waals surface area (Å²) in [6, 6.07) is 16.2. The van der Waals surface area contributed by atoms with Crippen LogP contribution in [0.25, 0.3) is 0 Å². The van der Waals surface area contributed by atoms with Crippen LogP contribution in [0.4, 0.5) is 5.69 Å². The third kappa shape index (κ3) is 7.28. The number of nitrogens with zero attached hydrogens (tertiary/aromatic N) is 2. The molecule has 0 saturated carbocycles. The van der Waals surface area contributed by atoms with Crippen LogP contribution in [0.2, 0.25) is 0 Å². The Labute approximate surface area is 235 Å². The second-order valence-electron chi connectivity index (χ2n) is 9.53. The van der Waals surface area contributed by atoms with E-state index in [1.165, 1.54) is 67.2 Å². The standard InChI is InChI=1S/C13H16BrN.C13H18N2.2CO2.2CH4/c2*1-2-15-11-5-6-13(15)12-8-10(14)4-3-9(12)7-11;2*2-1-3;;/h3-4,8,11,13H,2,5-7H2,1H3;3-4,8,11,13H,2,5-7,14H2,1H3;;;2*1H4. The highest BCUT2D eigenvalue weighted by molar-refractivity contribution is 9.10. The fourth-order valence-corrected chi connectivity index (χ4v) is 6.99. The molecular formula is C30H42BrN3O4. The molecule has 4 aliphatic heterocycles. The molecule has 2 aromatic carbocycles. The van der Waals surface area contributed by atoms with Crippen molar-refractivity contribution in [2.45, 2.75) is 91.4 Å². The van der Waals surface area contributed by atoms with Gasteiger partial charge in [0.1, 0.15) is 0 Å². The van der Waals surface area contributed by atoms with E-state index in [0.29, 0.717) is 12.1 Å². The van der Waals surface area contributed by atoms with Gasteiger partial charge >= 0.3 is 12.3 Å². The summed E-state index contributed by atoms with van der Waals surface area (Å²) in [5, 5.41) is 0. The zero-order valence-corrected chi connectivity index (χ0v) is 22.5. The quantitative estimate of drug-likeness (QED) is 0.431. The van der Waals surface area contributed by atoms with Gasteiger partial charge in [-0.2, -0.15) is 19.2 Å². The van der Waals surface area contributed by atoms with E-state index in [1.807, 2.05) is 6.07 Å². The molecule has 2 saturated heterocycles. The Kier molecular flexibility index (Phi) is 13.8. The molecule has 38 heavy (non-hydrogen) atoms. The summed E-state index contributed by atoms with van der Waals surface area (Å²) in [4.78, 5) is 37.8. The molecule has 4 bridgehead atoms. The Bertz CT molecular complexity index is 1030. The minimum absolute atomic E-state index is 0. The topological polar surface area (TPSA) is 101 Å². The first-order valence-electron chi connectivity index (χ1n) is 12.6. The van der Waals surface area contributed by atoms with Gasteiger partial charge in [-0.25, -0.2) is 0 Å². The number of fused-ring (bicyclic) bond motifs is 8. The van der Waals surface area contributed by atoms with Crippen LogP contribution >= 0.6 is 15.9 Å². The second kappa shape index (κ2) is 15.7. The summed E-state index contributed by atoms with van der Waals surface area (Å²) in [7, 11) is 0. The third-order valence-electron chi connectivity index (χ3n) is 7.92. The van der Waals surface area contributed by atoms with Crippen molar-refractivity contribution in [2.75, 3.05) is 18.8 Å². The van der Waals surface area contributed by atoms with Crippen molar-refractivity contribution in [1.29, 1.82) is 0 Å². The monoisotopic (exact) mass is 587 g/mol. The van der Waals surface area contributed by atoms with Crippen LogP contribution in [0.5, 0.6) is 0 Å². The van der Waals surface area contributed by atoms with Gasteiger partial charge in [0.25, 0.3) is 0 Å². The number of hydrogen-bond acceptors (Lipinski definition) is 7. The summed E-state index contributed by atoms with van der Waals surface area (Å²) < 4.78 is 1.22. The molecule has 2 aromatic rings. The van der Waals surface area contributed by atoms with Gasteiger partial charge in [-0.05, 0) is 98.1 Å². The van der Waals surface area contributed by atoms with Crippen LogP contribution < -0.4 is 5.73 Å². The van der Waals surface area contributed by atoms with Crippen LogP contribution in [0.15, 0.2) is 40.9 Å². The minimum Gasteiger partial charge on any atom is -0.399 e. The Hall–Kier alpha value is -2.60. The molecule has 4 atom stereocenters. The Balaban J connectivity index is 0.000000303. The predicted octanol–water partition coefficient (Wildman–Crippen LogP) is 5.99. The van der Waals surface area contributed by atoms with Crippen LogP contribution in [-0.4, -0.2) is 47.3 Å². The number of carbonyl (C=O) groups excluding carboxylic acids is 4. The molecule has 7 nitrogen and oxygen atoms in total. The van der Waals surface area contributed by atoms with Crippen LogP contribution in [0.1, 0.15) is 88.7 Å². The van der Waals surface area contributed by atoms with Gasteiger partial charge in [0.2, 0.25) is 0 Å². The molecule has 2 N–H and O–H groups in total. The number of anilines is 1. The molecule has 0 aromatic heterocycles. The lowest BCUT2D eigenvalue weighted by molar-refractivity contribution is -0.193. The van der Waals surface area contributed by atoms with Crippen molar-refractivity contribution >= 4 is 33.9 Å². The summed E-state index contributed by atoms with van der Waals surface area (Å²) in [5.41, 5.74) is 13.0. The number of rotatable bonds is 2. The molecule has 208 valence electrons. The third-order valence-corrected chi connectivity index (χ3v) is 8.42. The first-order valence-corrected chi connectivity index (χ1v) is 13.4. The van der Waals surface area contributed by atoms with E-state index < -0.39 is 0 Å². The number of benzene rings is 2. The van der Waals surface area contributed by atoms with Gasteiger partial charge in [0.15, 0.2) is 0 Å². The largest absolute Gasteiger partial charge is 0.399 e. The highest BCUT2D eigenvalue weighted by Gasteiger charge is 2.39. The van der Waals surface area contributed by atoms with Crippen LogP contribution in [-0.2, 0) is 32.0 Å². The Morgan fingerprint density at radius 3 is 1.63 bits per heavy atom. The van der Waals surface area contributed by atoms with Gasteiger partial charge in [-0.1, -0.05) is 56.8 Å². The maximum Gasteiger partial charge on any atom is 0.373 e. The molecule has 4 aliphatic rings. The van der Waals surface area contributed by atoms with E-state index in [-0.39, 0.29) is 27.2 Å². The van der Waals surface area contributed by atoms with Crippen LogP contribution in [0.3, 0.4) is 0 Å². The maximum atomic E-state index is 8.12. The molecule has 8 heteroatoms. The fourth-order valence-electron chi connectivity index (χ4n) is 6.62. The first-order chi connectivity index (χ1) is 17.4. The van der Waals surface area contributed by atoms with Gasteiger partial charge in [0.05, 0.1) is 0 Å². The number of nitrogen functional groups attached to an aromatic ring is 1. The SMILES string of the molecule is C.C.CCN1C2CCC1c1cc(Br)ccc1C2.CCN1C2CCC1c1cc(N)ccc1C2.O=C=O.O=C=O. The average Bonchev–Trinajstić information content (AvgIpc) is 3.35. The lowest BCUT2D eigenvalue weighted by atomic mass is 9.93. The molecule has 4 heterocycles. The van der Waals surface area contributed by atoms with E-state index in [9.17, 15) is 0 Å². The van der Waals surface area contributed by atoms with Crippen molar-refractivity contribution in [2.24, 2.45) is 0 Å². The van der Waals surface area contributed by atoms with E-state index in [0.717, 1.165) is 17.8 Å². The van der Waals surface area contributed by atoms with Gasteiger partial charge in [-0.15, -0.1) is 0 Å². The summed E-state index contributed by atoms with van der Waals surface area (Å²) >= 11 is 3.58. The zero-order valence-electron chi connectivity index (χ0n) is 20.9. The summed E-state index contributed by atoms with van der Waals surface area (Å²) in [5.74, 6) is 0. The summed E-state index contributed by atoms with van der Waals surface area (Å²) in [6.07, 6.45) is 8.38. The second-order valence-corrected chi connectivity index (χ2v) is 10.4. The highest BCUT2D eigenvalue weighted by Crippen LogP contribution is 2.45. The molecule has 4 unspecified atom stereocenters. The Morgan fingerprint density at radius 2 is 1.18 bits per heavy atom. The molecule has 0 spiro atoms. The van der Waals surface area contributed by atoms with E-state index in [4.69, 9.17) is 24.9 Å². The molecule has 0 aliphatic carbocycles. The zero-order chi connectivity index (χ0) is 26.2. The molecule has 0 amide bonds. The van der Waals surface area contributed by atoms with Gasteiger partial charge < -0.3 is 5.73 Å². The fraction of sp³-hybridized carbons (Fsp3) is 0.533. The maximum absolute atomic E-state index is 8.12. The number of likely N-dealkylation sites (N-methyl/N-ethyl adjacent to an activating group) is 2. The van der Waals surface area contributed by atoms with Gasteiger partial charge in [0, 0.05) is 34.3 Å². The lowest BCUT2D eigenvalue weighted by Crippen LogP contribution is -2.37. The molecule has 2 fully saturated rings. The smallest absolute Gasteiger partial charge is 0.373 e. The van der Waals surface area contributed by atoms with E-state index in [2.05, 4.69) is 69.9 Å². The Morgan fingerprint density at radius 1 is 0.763 bits per heavy atom. The molecule has 0 radical (unpaired) electrons. The number of nitrogens with two attached hydrogens (primary N) is 1. The van der Waals surface area contributed by atoms with Crippen molar-refractivity contribution in [3.05, 3.63) is 63.1 Å². The van der Waals surface area contributed by atoms with E-state index in [1.54, 1.807) is 11.1 Å². The highest BCUT2D eigenvalue weighted by atomic mass is 79.9. The summed E-state index contributed by atoms with van der Waals surface area (Å²) in [6.45, 7) is 6.92. The predicted molar refractivity (Wildman–Crippen MR) is 152 cm³/mol. The van der Waals surface area contributed by atoms with Crippen molar-refractivity contribution in [3.63, 3.8) is 0 Å². The van der Waals surface area contributed by atoms with E-state index >= 15 is 0 Å². The van der Waals surface area contributed by atoms with Crippen molar-refractivity contribution < 1.29 is 19.2 Å². The first kappa shape index (κ1) is 33.4. The van der Waals surface area contributed by atoms with Crippen molar-refractivity contribution in [3.8, 4) is 0 Å². The normalized spacial score (nSPS) is 23.4. The molecular weight excluding hydrogens is 546 g/mol. The number of hydrogen-bond donors (Lipinski definition) is 1. The van der Waals surface area contributed by atoms with Crippen molar-refractivity contribution in [1.82, 2.24) is 9.80 Å². The average molecular weight is 589 g/mol. The molecule has 6 rings (SSSR count). The van der Waals surface area contributed by atoms with Gasteiger partial charge in [-0.3, -0.25) is 9.80 Å². The minimum atomic E-state index is 0.